The Morgan fingerprint density at radius 2 is 1.92 bits per heavy atom. The molecular weight excluding hydrogens is 518 g/mol. The zero-order valence-corrected chi connectivity index (χ0v) is 21.9. The van der Waals surface area contributed by atoms with Crippen LogP contribution in [0.3, 0.4) is 0 Å². The molecule has 0 spiro atoms. The van der Waals surface area contributed by atoms with E-state index in [0.717, 1.165) is 11.3 Å². The Hall–Kier alpha value is -3.89. The number of hydrogen-bond donors (Lipinski definition) is 1. The van der Waals surface area contributed by atoms with Gasteiger partial charge in [-0.1, -0.05) is 29.8 Å². The zero-order chi connectivity index (χ0) is 26.5. The molecule has 1 N–H and O–H groups in total. The molecule has 1 amide bonds. The van der Waals surface area contributed by atoms with E-state index in [-0.39, 0.29) is 23.5 Å². The van der Waals surface area contributed by atoms with Crippen LogP contribution in [0.2, 0.25) is 5.02 Å². The quantitative estimate of drug-likeness (QED) is 0.238. The first-order chi connectivity index (χ1) is 17.8. The summed E-state index contributed by atoms with van der Waals surface area (Å²) in [6.45, 7) is 3.48. The van der Waals surface area contributed by atoms with Crippen molar-refractivity contribution in [3.63, 3.8) is 0 Å². The number of anilines is 1. The van der Waals surface area contributed by atoms with Crippen molar-refractivity contribution in [2.45, 2.75) is 19.9 Å². The first kappa shape index (κ1) is 26.2. The van der Waals surface area contributed by atoms with Gasteiger partial charge in [-0.3, -0.25) is 14.2 Å². The maximum Gasteiger partial charge on any atom is 0.348 e. The van der Waals surface area contributed by atoms with Crippen molar-refractivity contribution in [2.24, 2.45) is 0 Å². The second kappa shape index (κ2) is 11.4. The smallest absolute Gasteiger partial charge is 0.348 e. The van der Waals surface area contributed by atoms with Gasteiger partial charge in [0, 0.05) is 5.69 Å². The fourth-order valence-electron chi connectivity index (χ4n) is 3.60. The van der Waals surface area contributed by atoms with Crippen molar-refractivity contribution < 1.29 is 23.8 Å². The molecule has 37 heavy (non-hydrogen) atoms. The Morgan fingerprint density at radius 3 is 2.62 bits per heavy atom. The molecule has 0 saturated heterocycles. The lowest BCUT2D eigenvalue weighted by molar-refractivity contribution is -0.118. The van der Waals surface area contributed by atoms with Crippen LogP contribution in [0.4, 0.5) is 5.69 Å². The summed E-state index contributed by atoms with van der Waals surface area (Å²) in [6.07, 6.45) is 1.30. The van der Waals surface area contributed by atoms with Crippen LogP contribution in [-0.2, 0) is 9.53 Å². The van der Waals surface area contributed by atoms with E-state index < -0.39 is 23.5 Å². The highest BCUT2D eigenvalue weighted by Crippen LogP contribution is 2.29. The number of carbonyl (C=O) groups is 2. The Balaban J connectivity index is 1.47. The predicted octanol–water partition coefficient (Wildman–Crippen LogP) is 4.86. The number of para-hydroxylation sites is 1. The highest BCUT2D eigenvalue weighted by Gasteiger charge is 2.24. The Morgan fingerprint density at radius 1 is 1.16 bits per heavy atom. The molecule has 0 bridgehead atoms. The molecule has 11 heteroatoms. The van der Waals surface area contributed by atoms with E-state index in [0.29, 0.717) is 32.6 Å². The second-order valence-corrected chi connectivity index (χ2v) is 9.41. The number of carbonyl (C=O) groups excluding carboxylic acids is 2. The van der Waals surface area contributed by atoms with E-state index in [1.165, 1.54) is 18.0 Å². The number of nitrogens with one attached hydrogen (secondary N) is 1. The van der Waals surface area contributed by atoms with Crippen molar-refractivity contribution in [1.29, 1.82) is 0 Å². The van der Waals surface area contributed by atoms with Crippen LogP contribution >= 0.6 is 22.9 Å². The molecule has 0 aliphatic carbocycles. The summed E-state index contributed by atoms with van der Waals surface area (Å²) in [6, 6.07) is 13.1. The van der Waals surface area contributed by atoms with E-state index in [4.69, 9.17) is 25.8 Å². The van der Waals surface area contributed by atoms with Gasteiger partial charge in [-0.25, -0.2) is 9.78 Å². The molecule has 0 aliphatic heterocycles. The lowest BCUT2D eigenvalue weighted by atomic mass is 10.2. The van der Waals surface area contributed by atoms with Gasteiger partial charge in [-0.15, -0.1) is 11.3 Å². The Kier molecular flexibility index (Phi) is 8.10. The van der Waals surface area contributed by atoms with Crippen LogP contribution < -0.4 is 20.3 Å². The van der Waals surface area contributed by atoms with Crippen LogP contribution in [0.15, 0.2) is 59.7 Å². The average molecular weight is 542 g/mol. The normalized spacial score (nSPS) is 11.7. The molecular formula is C26H24ClN3O6S. The number of nitrogens with zero attached hydrogens (tertiary/aromatic N) is 2. The molecule has 0 fully saturated rings. The van der Waals surface area contributed by atoms with E-state index in [1.807, 2.05) is 30.3 Å². The van der Waals surface area contributed by atoms with Gasteiger partial charge in [-0.05, 0) is 49.7 Å². The summed E-state index contributed by atoms with van der Waals surface area (Å²) in [4.78, 5) is 43.8. The summed E-state index contributed by atoms with van der Waals surface area (Å²) in [5.41, 5.74) is 0.480. The molecule has 4 aromatic rings. The number of thiophene rings is 1. The van der Waals surface area contributed by atoms with E-state index >= 15 is 0 Å². The van der Waals surface area contributed by atoms with Gasteiger partial charge < -0.3 is 19.5 Å². The summed E-state index contributed by atoms with van der Waals surface area (Å²) >= 11 is 7.20. The number of hydrogen-bond acceptors (Lipinski definition) is 8. The third kappa shape index (κ3) is 5.76. The lowest BCUT2D eigenvalue weighted by Crippen LogP contribution is -2.31. The number of benzene rings is 2. The predicted molar refractivity (Wildman–Crippen MR) is 142 cm³/mol. The van der Waals surface area contributed by atoms with Crippen LogP contribution in [0.25, 0.3) is 10.2 Å². The average Bonchev–Trinajstić information content (AvgIpc) is 3.24. The SMILES string of the molecule is COc1ccc(NC(=O)C(C)n2cnc3sc(C(=O)OCCOc4ccccc4)c(C)c3c2=O)cc1Cl. The fraction of sp³-hybridized carbons (Fsp3) is 0.231. The molecule has 0 saturated carbocycles. The number of methoxy groups -OCH3 is 1. The molecule has 192 valence electrons. The topological polar surface area (TPSA) is 109 Å². The number of aromatic nitrogens is 2. The summed E-state index contributed by atoms with van der Waals surface area (Å²) in [5.74, 6) is 0.153. The summed E-state index contributed by atoms with van der Waals surface area (Å²) < 4.78 is 17.2. The Labute approximate surface area is 221 Å². The number of halogens is 1. The lowest BCUT2D eigenvalue weighted by Gasteiger charge is -2.15. The first-order valence-corrected chi connectivity index (χ1v) is 12.5. The highest BCUT2D eigenvalue weighted by molar-refractivity contribution is 7.20. The minimum atomic E-state index is -0.880. The van der Waals surface area contributed by atoms with Gasteiger partial charge >= 0.3 is 5.97 Å². The largest absolute Gasteiger partial charge is 0.495 e. The van der Waals surface area contributed by atoms with Crippen LogP contribution in [0, 0.1) is 6.92 Å². The molecule has 9 nitrogen and oxygen atoms in total. The van der Waals surface area contributed by atoms with Crippen molar-refractivity contribution in [3.05, 3.63) is 80.7 Å². The van der Waals surface area contributed by atoms with Crippen molar-refractivity contribution in [1.82, 2.24) is 9.55 Å². The number of esters is 1. The van der Waals surface area contributed by atoms with Crippen LogP contribution in [0.1, 0.15) is 28.2 Å². The number of ether oxygens (including phenoxy) is 3. The van der Waals surface area contributed by atoms with E-state index in [9.17, 15) is 14.4 Å². The number of rotatable bonds is 9. The first-order valence-electron chi connectivity index (χ1n) is 11.3. The molecule has 2 aromatic heterocycles. The van der Waals surface area contributed by atoms with Gasteiger partial charge in [-0.2, -0.15) is 0 Å². The van der Waals surface area contributed by atoms with Gasteiger partial charge in [0.05, 0.1) is 23.8 Å². The molecule has 2 aromatic carbocycles. The van der Waals surface area contributed by atoms with E-state index in [2.05, 4.69) is 10.3 Å². The molecule has 0 radical (unpaired) electrons. The Bertz CT molecular complexity index is 1500. The molecule has 4 rings (SSSR count). The van der Waals surface area contributed by atoms with Gasteiger partial charge in [0.15, 0.2) is 0 Å². The standard InChI is InChI=1S/C26H24ClN3O6S/c1-15-21-24(37-22(15)26(33)36-12-11-35-18-7-5-4-6-8-18)28-14-30(25(21)32)16(2)23(31)29-17-9-10-20(34-3)19(27)13-17/h4-10,13-14,16H,11-12H2,1-3H3,(H,29,31). The maximum absolute atomic E-state index is 13.3. The second-order valence-electron chi connectivity index (χ2n) is 8.01. The van der Waals surface area contributed by atoms with E-state index in [1.54, 1.807) is 32.0 Å². The summed E-state index contributed by atoms with van der Waals surface area (Å²) in [7, 11) is 1.50. The molecule has 1 unspecified atom stereocenters. The van der Waals surface area contributed by atoms with Crippen molar-refractivity contribution in [2.75, 3.05) is 25.6 Å². The zero-order valence-electron chi connectivity index (χ0n) is 20.3. The minimum Gasteiger partial charge on any atom is -0.495 e. The maximum atomic E-state index is 13.3. The van der Waals surface area contributed by atoms with Gasteiger partial charge in [0.2, 0.25) is 5.91 Å². The van der Waals surface area contributed by atoms with Crippen molar-refractivity contribution in [3.8, 4) is 11.5 Å². The van der Waals surface area contributed by atoms with Gasteiger partial charge in [0.1, 0.15) is 40.5 Å². The van der Waals surface area contributed by atoms with Gasteiger partial charge in [0.25, 0.3) is 5.56 Å². The number of amides is 1. The summed E-state index contributed by atoms with van der Waals surface area (Å²) in [5, 5.41) is 3.35. The van der Waals surface area contributed by atoms with Crippen LogP contribution in [-0.4, -0.2) is 41.8 Å². The van der Waals surface area contributed by atoms with Crippen LogP contribution in [0.5, 0.6) is 11.5 Å². The number of fused-ring (bicyclic) bond motifs is 1. The monoisotopic (exact) mass is 541 g/mol. The molecule has 2 heterocycles. The molecule has 0 aliphatic rings. The third-order valence-electron chi connectivity index (χ3n) is 5.61. The third-order valence-corrected chi connectivity index (χ3v) is 7.08. The highest BCUT2D eigenvalue weighted by atomic mass is 35.5. The van der Waals surface area contributed by atoms with Crippen molar-refractivity contribution >= 4 is 50.7 Å². The fourth-order valence-corrected chi connectivity index (χ4v) is 4.89. The number of aryl methyl sites for hydroxylation is 1. The molecule has 1 atom stereocenters. The minimum absolute atomic E-state index is 0.0473.